The van der Waals surface area contributed by atoms with Crippen LogP contribution in [0.4, 0.5) is 5.69 Å². The molecule has 0 atom stereocenters. The number of nitrogens with zero attached hydrogens (tertiary/aromatic N) is 2. The summed E-state index contributed by atoms with van der Waals surface area (Å²) in [6.45, 7) is 0.700. The molecule has 0 saturated heterocycles. The van der Waals surface area contributed by atoms with E-state index < -0.39 is 4.92 Å². The Morgan fingerprint density at radius 1 is 1.42 bits per heavy atom. The lowest BCUT2D eigenvalue weighted by Gasteiger charge is -2.17. The minimum Gasteiger partial charge on any atom is -0.341 e. The highest BCUT2D eigenvalue weighted by molar-refractivity contribution is 5.85. The van der Waals surface area contributed by atoms with Crippen LogP contribution in [0.2, 0.25) is 0 Å². The van der Waals surface area contributed by atoms with Gasteiger partial charge in [0.1, 0.15) is 0 Å². The van der Waals surface area contributed by atoms with E-state index in [1.807, 2.05) is 0 Å². The first-order chi connectivity index (χ1) is 8.56. The first kappa shape index (κ1) is 17.3. The van der Waals surface area contributed by atoms with Crippen molar-refractivity contribution in [1.29, 1.82) is 0 Å². The van der Waals surface area contributed by atoms with Gasteiger partial charge in [0.25, 0.3) is 5.69 Å². The minimum atomic E-state index is -0.437. The fourth-order valence-corrected chi connectivity index (χ4v) is 1.61. The predicted octanol–water partition coefficient (Wildman–Crippen LogP) is 1.71. The first-order valence-electron chi connectivity index (χ1n) is 5.72. The van der Waals surface area contributed by atoms with Crippen LogP contribution in [0.25, 0.3) is 0 Å². The summed E-state index contributed by atoms with van der Waals surface area (Å²) in [6, 6.07) is 6.43. The second kappa shape index (κ2) is 8.44. The molecule has 1 rings (SSSR count). The fraction of sp³-hybridized carbons (Fsp3) is 0.417. The van der Waals surface area contributed by atoms with E-state index in [4.69, 9.17) is 5.73 Å². The number of carbonyl (C=O) groups excluding carboxylic acids is 1. The molecule has 7 heteroatoms. The largest absolute Gasteiger partial charge is 0.341 e. The third-order valence-corrected chi connectivity index (χ3v) is 2.62. The number of carbonyl (C=O) groups is 1. The highest BCUT2D eigenvalue weighted by atomic mass is 35.5. The smallest absolute Gasteiger partial charge is 0.274 e. The Morgan fingerprint density at radius 2 is 2.05 bits per heavy atom. The van der Waals surface area contributed by atoms with Gasteiger partial charge in [-0.15, -0.1) is 12.4 Å². The molecular weight excluding hydrogens is 270 g/mol. The Morgan fingerprint density at radius 3 is 2.63 bits per heavy atom. The zero-order valence-electron chi connectivity index (χ0n) is 10.7. The van der Waals surface area contributed by atoms with Crippen LogP contribution in [0.15, 0.2) is 24.3 Å². The summed E-state index contributed by atoms with van der Waals surface area (Å²) in [5, 5.41) is 10.8. The number of rotatable bonds is 6. The summed E-state index contributed by atoms with van der Waals surface area (Å²) in [6.07, 6.45) is 0.994. The molecule has 0 aliphatic heterocycles. The second-order valence-corrected chi connectivity index (χ2v) is 4.03. The Labute approximate surface area is 118 Å². The summed E-state index contributed by atoms with van der Waals surface area (Å²) < 4.78 is 0. The van der Waals surface area contributed by atoms with Crippen LogP contribution < -0.4 is 5.73 Å². The van der Waals surface area contributed by atoms with E-state index in [1.54, 1.807) is 25.2 Å². The van der Waals surface area contributed by atoms with Gasteiger partial charge in [0, 0.05) is 25.1 Å². The number of hydrogen-bond donors (Lipinski definition) is 1. The van der Waals surface area contributed by atoms with Crippen LogP contribution in [0.3, 0.4) is 0 Å². The zero-order chi connectivity index (χ0) is 13.5. The molecule has 0 heterocycles. The maximum Gasteiger partial charge on any atom is 0.274 e. The average molecular weight is 288 g/mol. The van der Waals surface area contributed by atoms with Gasteiger partial charge >= 0.3 is 0 Å². The summed E-state index contributed by atoms with van der Waals surface area (Å²) in [4.78, 5) is 23.6. The van der Waals surface area contributed by atoms with E-state index in [0.29, 0.717) is 24.9 Å². The lowest BCUT2D eigenvalue weighted by atomic mass is 10.1. The molecule has 0 aliphatic carbocycles. The van der Waals surface area contributed by atoms with Crippen LogP contribution >= 0.6 is 12.4 Å². The molecule has 1 aromatic carbocycles. The van der Waals surface area contributed by atoms with Gasteiger partial charge in [-0.2, -0.15) is 0 Å². The van der Waals surface area contributed by atoms with Gasteiger partial charge in [0.15, 0.2) is 0 Å². The second-order valence-electron chi connectivity index (χ2n) is 4.03. The van der Waals surface area contributed by atoms with Crippen molar-refractivity contribution < 1.29 is 9.72 Å². The Hall–Kier alpha value is -1.66. The van der Waals surface area contributed by atoms with Crippen LogP contribution in [0, 0.1) is 10.1 Å². The fourth-order valence-electron chi connectivity index (χ4n) is 1.61. The molecule has 1 amide bonds. The number of nitrogens with two attached hydrogens (primary N) is 1. The SMILES string of the molecule is CN(Cc1ccccc1[N+](=O)[O-])C(=O)CCCN.Cl. The van der Waals surface area contributed by atoms with Gasteiger partial charge in [-0.05, 0) is 13.0 Å². The van der Waals surface area contributed by atoms with E-state index >= 15 is 0 Å². The zero-order valence-corrected chi connectivity index (χ0v) is 11.6. The minimum absolute atomic E-state index is 0. The maximum atomic E-state index is 11.7. The molecule has 0 radical (unpaired) electrons. The number of halogens is 1. The van der Waals surface area contributed by atoms with Crippen LogP contribution in [-0.4, -0.2) is 29.3 Å². The molecule has 106 valence electrons. The summed E-state index contributed by atoms with van der Waals surface area (Å²) in [7, 11) is 1.63. The van der Waals surface area contributed by atoms with E-state index in [0.717, 1.165) is 0 Å². The standard InChI is InChI=1S/C12H17N3O3.ClH/c1-14(12(16)7-4-8-13)9-10-5-2-3-6-11(10)15(17)18;/h2-3,5-6H,4,7-9,13H2,1H3;1H. The molecule has 1 aromatic rings. The molecule has 0 aromatic heterocycles. The molecule has 19 heavy (non-hydrogen) atoms. The van der Waals surface area contributed by atoms with Crippen molar-refractivity contribution in [2.45, 2.75) is 19.4 Å². The van der Waals surface area contributed by atoms with E-state index in [-0.39, 0.29) is 30.5 Å². The van der Waals surface area contributed by atoms with Crippen molar-refractivity contribution in [2.24, 2.45) is 5.73 Å². The monoisotopic (exact) mass is 287 g/mol. The average Bonchev–Trinajstić information content (AvgIpc) is 2.36. The molecule has 0 bridgehead atoms. The van der Waals surface area contributed by atoms with Crippen molar-refractivity contribution in [1.82, 2.24) is 4.90 Å². The topological polar surface area (TPSA) is 89.5 Å². The van der Waals surface area contributed by atoms with E-state index in [9.17, 15) is 14.9 Å². The number of benzene rings is 1. The van der Waals surface area contributed by atoms with Crippen molar-refractivity contribution in [3.05, 3.63) is 39.9 Å². The number of hydrogen-bond acceptors (Lipinski definition) is 4. The number of nitro groups is 1. The molecule has 0 unspecified atom stereocenters. The molecule has 0 aliphatic rings. The van der Waals surface area contributed by atoms with Crippen molar-refractivity contribution in [3.8, 4) is 0 Å². The number of nitro benzene ring substituents is 1. The molecule has 6 nitrogen and oxygen atoms in total. The Kier molecular flexibility index (Phi) is 7.71. The van der Waals surface area contributed by atoms with Gasteiger partial charge in [-0.25, -0.2) is 0 Å². The van der Waals surface area contributed by atoms with E-state index in [1.165, 1.54) is 11.0 Å². The summed E-state index contributed by atoms with van der Waals surface area (Å²) >= 11 is 0. The summed E-state index contributed by atoms with van der Waals surface area (Å²) in [5.74, 6) is -0.0569. The lowest BCUT2D eigenvalue weighted by molar-refractivity contribution is -0.385. The third-order valence-electron chi connectivity index (χ3n) is 2.62. The maximum absolute atomic E-state index is 11.7. The van der Waals surface area contributed by atoms with Gasteiger partial charge in [0.2, 0.25) is 5.91 Å². The van der Waals surface area contributed by atoms with E-state index in [2.05, 4.69) is 0 Å². The van der Waals surface area contributed by atoms with Crippen LogP contribution in [-0.2, 0) is 11.3 Å². The Bertz CT molecular complexity index is 440. The normalized spacial score (nSPS) is 9.58. The number of para-hydroxylation sites is 1. The van der Waals surface area contributed by atoms with Crippen molar-refractivity contribution in [2.75, 3.05) is 13.6 Å². The molecule has 0 fully saturated rings. The Balaban J connectivity index is 0.00000324. The van der Waals surface area contributed by atoms with Crippen molar-refractivity contribution in [3.63, 3.8) is 0 Å². The predicted molar refractivity (Wildman–Crippen MR) is 75.1 cm³/mol. The van der Waals surface area contributed by atoms with Gasteiger partial charge in [-0.1, -0.05) is 18.2 Å². The highest BCUT2D eigenvalue weighted by Gasteiger charge is 2.16. The van der Waals surface area contributed by atoms with Crippen LogP contribution in [0.1, 0.15) is 18.4 Å². The van der Waals surface area contributed by atoms with Gasteiger partial charge in [0.05, 0.1) is 11.5 Å². The third kappa shape index (κ3) is 5.23. The quantitative estimate of drug-likeness (QED) is 0.637. The lowest BCUT2D eigenvalue weighted by Crippen LogP contribution is -2.26. The molecule has 2 N–H and O–H groups in total. The number of amides is 1. The first-order valence-corrected chi connectivity index (χ1v) is 5.72. The van der Waals surface area contributed by atoms with Crippen LogP contribution in [0.5, 0.6) is 0 Å². The van der Waals surface area contributed by atoms with Gasteiger partial charge in [-0.3, -0.25) is 14.9 Å². The molecular formula is C12H18ClN3O3. The van der Waals surface area contributed by atoms with Gasteiger partial charge < -0.3 is 10.6 Å². The molecule has 0 spiro atoms. The summed E-state index contributed by atoms with van der Waals surface area (Å²) in [5.41, 5.74) is 5.90. The molecule has 0 saturated carbocycles. The van der Waals surface area contributed by atoms with Crippen molar-refractivity contribution >= 4 is 24.0 Å². The highest BCUT2D eigenvalue weighted by Crippen LogP contribution is 2.19.